The predicted octanol–water partition coefficient (Wildman–Crippen LogP) is 1.33. The van der Waals surface area contributed by atoms with Crippen LogP contribution in [0.25, 0.3) is 0 Å². The van der Waals surface area contributed by atoms with Crippen molar-refractivity contribution in [1.82, 2.24) is 10.6 Å². The number of ether oxygens (including phenoxy) is 3. The number of carbonyl (C=O) groups is 2. The summed E-state index contributed by atoms with van der Waals surface area (Å²) in [7, 11) is 0. The third-order valence-corrected chi connectivity index (χ3v) is 5.67. The van der Waals surface area contributed by atoms with Gasteiger partial charge in [-0.3, -0.25) is 4.79 Å². The van der Waals surface area contributed by atoms with Crippen LogP contribution in [0.2, 0.25) is 0 Å². The fraction of sp³-hybridized carbons (Fsp3) is 0.600. The Hall–Kier alpha value is -2.32. The van der Waals surface area contributed by atoms with E-state index in [1.54, 1.807) is 24.3 Å². The molecule has 8 nitrogen and oxygen atoms in total. The largest absolute Gasteiger partial charge is 0.485 e. The van der Waals surface area contributed by atoms with Gasteiger partial charge in [0.1, 0.15) is 18.0 Å². The summed E-state index contributed by atoms with van der Waals surface area (Å²) in [5.74, 6) is 0.0388. The molecule has 4 atom stereocenters. The second-order valence-electron chi connectivity index (χ2n) is 7.70. The number of nitrogens with two attached hydrogens (primary N) is 1. The Morgan fingerprint density at radius 2 is 1.82 bits per heavy atom. The molecule has 2 heterocycles. The van der Waals surface area contributed by atoms with Gasteiger partial charge in [-0.15, -0.1) is 0 Å². The summed E-state index contributed by atoms with van der Waals surface area (Å²) in [4.78, 5) is 23.7. The average molecular weight is 389 g/mol. The van der Waals surface area contributed by atoms with Crippen LogP contribution < -0.4 is 21.1 Å². The first-order chi connectivity index (χ1) is 13.6. The number of amides is 3. The Labute approximate surface area is 164 Å². The highest BCUT2D eigenvalue weighted by molar-refractivity contribution is 5.93. The molecule has 1 aromatic carbocycles. The zero-order chi connectivity index (χ0) is 19.5. The van der Waals surface area contributed by atoms with E-state index in [0.717, 1.165) is 12.8 Å². The molecule has 3 fully saturated rings. The fourth-order valence-corrected chi connectivity index (χ4v) is 4.23. The van der Waals surface area contributed by atoms with E-state index in [4.69, 9.17) is 19.9 Å². The summed E-state index contributed by atoms with van der Waals surface area (Å²) in [6, 6.07) is 6.62. The molecule has 2 aliphatic heterocycles. The number of urea groups is 1. The number of carbonyl (C=O) groups excluding carboxylic acids is 2. The highest BCUT2D eigenvalue weighted by atomic mass is 16.6. The second kappa shape index (κ2) is 8.36. The van der Waals surface area contributed by atoms with Gasteiger partial charge in [-0.2, -0.15) is 0 Å². The van der Waals surface area contributed by atoms with Gasteiger partial charge in [-0.1, -0.05) is 25.3 Å². The Kier molecular flexibility index (Phi) is 5.68. The summed E-state index contributed by atoms with van der Waals surface area (Å²) >= 11 is 0. The number of hydrogen-bond donors (Lipinski definition) is 3. The number of primary amides is 1. The maximum atomic E-state index is 12.3. The molecule has 1 saturated carbocycles. The molecule has 0 bridgehead atoms. The zero-order valence-electron chi connectivity index (χ0n) is 15.8. The van der Waals surface area contributed by atoms with E-state index in [2.05, 4.69) is 10.6 Å². The molecule has 28 heavy (non-hydrogen) atoms. The molecular weight excluding hydrogens is 362 g/mol. The molecule has 8 heteroatoms. The van der Waals surface area contributed by atoms with Crippen molar-refractivity contribution in [3.05, 3.63) is 29.8 Å². The third-order valence-electron chi connectivity index (χ3n) is 5.67. The normalized spacial score (nSPS) is 29.9. The molecule has 2 saturated heterocycles. The van der Waals surface area contributed by atoms with Crippen molar-refractivity contribution in [3.63, 3.8) is 0 Å². The van der Waals surface area contributed by atoms with Gasteiger partial charge >= 0.3 is 6.03 Å². The summed E-state index contributed by atoms with van der Waals surface area (Å²) in [5, 5.41) is 6.05. The number of nitrogens with one attached hydrogen (secondary N) is 2. The fourth-order valence-electron chi connectivity index (χ4n) is 4.23. The Bertz CT molecular complexity index is 722. The smallest absolute Gasteiger partial charge is 0.315 e. The highest BCUT2D eigenvalue weighted by Crippen LogP contribution is 2.30. The van der Waals surface area contributed by atoms with Crippen molar-refractivity contribution in [3.8, 4) is 5.75 Å². The van der Waals surface area contributed by atoms with Gasteiger partial charge in [-0.25, -0.2) is 4.79 Å². The summed E-state index contributed by atoms with van der Waals surface area (Å²) in [6.45, 7) is 0.743. The first kappa shape index (κ1) is 19.0. The Balaban J connectivity index is 1.31. The Morgan fingerprint density at radius 3 is 2.61 bits per heavy atom. The van der Waals surface area contributed by atoms with Gasteiger partial charge in [0.15, 0.2) is 6.10 Å². The highest BCUT2D eigenvalue weighted by Gasteiger charge is 2.49. The minimum atomic E-state index is -0.503. The van der Waals surface area contributed by atoms with Crippen LogP contribution in [0.5, 0.6) is 5.75 Å². The van der Waals surface area contributed by atoms with Gasteiger partial charge in [0.05, 0.1) is 19.3 Å². The van der Waals surface area contributed by atoms with Crippen LogP contribution in [0, 0.1) is 0 Å². The van der Waals surface area contributed by atoms with E-state index in [1.807, 2.05) is 0 Å². The summed E-state index contributed by atoms with van der Waals surface area (Å²) in [5.41, 5.74) is 5.71. The van der Waals surface area contributed by atoms with E-state index in [1.165, 1.54) is 19.3 Å². The monoisotopic (exact) mass is 389 g/mol. The average Bonchev–Trinajstić information content (AvgIpc) is 3.26. The minimum Gasteiger partial charge on any atom is -0.485 e. The zero-order valence-corrected chi connectivity index (χ0v) is 15.8. The van der Waals surface area contributed by atoms with Crippen LogP contribution in [-0.2, 0) is 9.47 Å². The van der Waals surface area contributed by atoms with Gasteiger partial charge in [0, 0.05) is 11.6 Å². The minimum absolute atomic E-state index is 0.164. The molecule has 4 rings (SSSR count). The summed E-state index contributed by atoms with van der Waals surface area (Å²) in [6.07, 6.45) is 4.84. The number of rotatable bonds is 5. The number of hydrogen-bond acceptors (Lipinski definition) is 5. The summed E-state index contributed by atoms with van der Waals surface area (Å²) < 4.78 is 17.7. The van der Waals surface area contributed by atoms with Crippen LogP contribution >= 0.6 is 0 Å². The van der Waals surface area contributed by atoms with Crippen LogP contribution in [-0.4, -0.2) is 55.5 Å². The molecule has 1 aliphatic carbocycles. The topological polar surface area (TPSA) is 112 Å². The second-order valence-corrected chi connectivity index (χ2v) is 7.70. The third kappa shape index (κ3) is 4.23. The van der Waals surface area contributed by atoms with E-state index in [0.29, 0.717) is 24.5 Å². The maximum absolute atomic E-state index is 12.3. The lowest BCUT2D eigenvalue weighted by Gasteiger charge is -2.24. The lowest BCUT2D eigenvalue weighted by Crippen LogP contribution is -2.51. The van der Waals surface area contributed by atoms with E-state index in [9.17, 15) is 9.59 Å². The van der Waals surface area contributed by atoms with Crippen LogP contribution in [0.4, 0.5) is 4.79 Å². The number of fused-ring (bicyclic) bond motifs is 1. The van der Waals surface area contributed by atoms with Gasteiger partial charge in [0.2, 0.25) is 5.91 Å². The molecule has 0 aromatic heterocycles. The van der Waals surface area contributed by atoms with Crippen molar-refractivity contribution in [2.24, 2.45) is 5.73 Å². The molecule has 0 spiro atoms. The van der Waals surface area contributed by atoms with Gasteiger partial charge < -0.3 is 30.6 Å². The molecular formula is C20H27N3O5. The molecule has 3 amide bonds. The van der Waals surface area contributed by atoms with E-state index in [-0.39, 0.29) is 36.4 Å². The first-order valence-electron chi connectivity index (χ1n) is 9.97. The van der Waals surface area contributed by atoms with Crippen molar-refractivity contribution in [2.45, 2.75) is 62.5 Å². The van der Waals surface area contributed by atoms with Crippen LogP contribution in [0.1, 0.15) is 42.5 Å². The maximum Gasteiger partial charge on any atom is 0.315 e. The Morgan fingerprint density at radius 1 is 1.04 bits per heavy atom. The molecule has 0 unspecified atom stereocenters. The predicted molar refractivity (Wildman–Crippen MR) is 101 cm³/mol. The van der Waals surface area contributed by atoms with Crippen molar-refractivity contribution >= 4 is 11.9 Å². The lowest BCUT2D eigenvalue weighted by atomic mass is 9.96. The molecule has 152 valence electrons. The molecule has 3 aliphatic rings. The lowest BCUT2D eigenvalue weighted by molar-refractivity contribution is 0.0303. The van der Waals surface area contributed by atoms with Crippen LogP contribution in [0.3, 0.4) is 0 Å². The van der Waals surface area contributed by atoms with Crippen LogP contribution in [0.15, 0.2) is 24.3 Å². The van der Waals surface area contributed by atoms with Crippen molar-refractivity contribution in [2.75, 3.05) is 13.2 Å². The van der Waals surface area contributed by atoms with E-state index < -0.39 is 5.91 Å². The SMILES string of the molecule is NC(=O)c1cccc(O[C@H]2CO[C@H]3[C@H]2OC[C@@H]3NC(=O)NC2CCCCC2)c1. The van der Waals surface area contributed by atoms with Crippen molar-refractivity contribution < 1.29 is 23.8 Å². The van der Waals surface area contributed by atoms with E-state index >= 15 is 0 Å². The first-order valence-corrected chi connectivity index (χ1v) is 9.97. The molecule has 1 aromatic rings. The molecule has 4 N–H and O–H groups in total. The number of benzene rings is 1. The molecule has 0 radical (unpaired) electrons. The standard InChI is InChI=1S/C20H27N3O5/c21-19(24)12-5-4-8-14(9-12)28-16-11-27-17-15(10-26-18(16)17)23-20(25)22-13-6-2-1-3-7-13/h4-5,8-9,13,15-18H,1-3,6-7,10-11H2,(H2,21,24)(H2,22,23,25)/t15-,16-,17+,18-/m0/s1. The van der Waals surface area contributed by atoms with Gasteiger partial charge in [0.25, 0.3) is 0 Å². The quantitative estimate of drug-likeness (QED) is 0.703. The van der Waals surface area contributed by atoms with Gasteiger partial charge in [-0.05, 0) is 31.0 Å². The van der Waals surface area contributed by atoms with Crippen molar-refractivity contribution in [1.29, 1.82) is 0 Å².